The number of hydrogen-bond donors (Lipinski definition) is 1. The number of rotatable bonds is 5. The Morgan fingerprint density at radius 3 is 2.06 bits per heavy atom. The number of hydrogen-bond acceptors (Lipinski definition) is 1. The summed E-state index contributed by atoms with van der Waals surface area (Å²) in [6.45, 7) is 17.9. The molecule has 1 nitrogen and oxygen atoms in total. The van der Waals surface area contributed by atoms with Crippen molar-refractivity contribution in [1.29, 1.82) is 0 Å². The van der Waals surface area contributed by atoms with Crippen LogP contribution in [0.1, 0.15) is 53.4 Å². The largest absolute Gasteiger partial charge is 0.392 e. The molecule has 1 fully saturated rings. The van der Waals surface area contributed by atoms with Crippen LogP contribution in [0.15, 0.2) is 37.5 Å². The summed E-state index contributed by atoms with van der Waals surface area (Å²) >= 11 is 0. The molecule has 0 saturated heterocycles. The maximum Gasteiger partial charge on any atom is 0.0636 e. The van der Waals surface area contributed by atoms with Crippen molar-refractivity contribution >= 4 is 0 Å². The van der Waals surface area contributed by atoms with Crippen LogP contribution in [0.4, 0.5) is 0 Å². The third-order valence-corrected chi connectivity index (χ3v) is 3.09. The Hall–Kier alpha value is -0.820. The SMILES string of the molecule is C=C.C=C/C(=C\C)C1(C(O)CCC)CC1.CC. The molecule has 1 unspecified atom stereocenters. The van der Waals surface area contributed by atoms with Crippen molar-refractivity contribution in [3.8, 4) is 0 Å². The van der Waals surface area contributed by atoms with Gasteiger partial charge in [-0.15, -0.1) is 13.2 Å². The second-order valence-corrected chi connectivity index (χ2v) is 3.91. The van der Waals surface area contributed by atoms with Crippen LogP contribution in [0.25, 0.3) is 0 Å². The first-order chi connectivity index (χ1) is 8.21. The van der Waals surface area contributed by atoms with Gasteiger partial charge in [0.05, 0.1) is 6.10 Å². The summed E-state index contributed by atoms with van der Waals surface area (Å²) in [5, 5.41) is 9.98. The molecule has 1 rings (SSSR count). The number of aliphatic hydroxyl groups excluding tert-OH is 1. The van der Waals surface area contributed by atoms with Crippen LogP contribution in [0.5, 0.6) is 0 Å². The van der Waals surface area contributed by atoms with Gasteiger partial charge in [0.15, 0.2) is 0 Å². The number of allylic oxidation sites excluding steroid dienone is 2. The Morgan fingerprint density at radius 2 is 1.82 bits per heavy atom. The first-order valence-electron chi connectivity index (χ1n) is 6.68. The molecule has 17 heavy (non-hydrogen) atoms. The first kappa shape index (κ1) is 18.5. The topological polar surface area (TPSA) is 20.2 Å². The van der Waals surface area contributed by atoms with E-state index in [0.29, 0.717) is 0 Å². The Labute approximate surface area is 108 Å². The van der Waals surface area contributed by atoms with E-state index < -0.39 is 0 Å². The Kier molecular flexibility index (Phi) is 11.3. The zero-order valence-corrected chi connectivity index (χ0v) is 12.1. The predicted octanol–water partition coefficient (Wildman–Crippen LogP) is 4.89. The average Bonchev–Trinajstić information content (AvgIpc) is 3.18. The third kappa shape index (κ3) is 4.91. The highest BCUT2D eigenvalue weighted by Gasteiger charge is 2.49. The van der Waals surface area contributed by atoms with Crippen molar-refractivity contribution in [2.24, 2.45) is 5.41 Å². The molecule has 0 aromatic rings. The fourth-order valence-corrected chi connectivity index (χ4v) is 2.11. The van der Waals surface area contributed by atoms with Gasteiger partial charge in [0.1, 0.15) is 0 Å². The molecule has 0 heterocycles. The minimum absolute atomic E-state index is 0.0759. The molecule has 0 aliphatic heterocycles. The van der Waals surface area contributed by atoms with Crippen molar-refractivity contribution < 1.29 is 5.11 Å². The van der Waals surface area contributed by atoms with Crippen LogP contribution in [-0.2, 0) is 0 Å². The van der Waals surface area contributed by atoms with E-state index in [9.17, 15) is 5.11 Å². The van der Waals surface area contributed by atoms with Gasteiger partial charge in [0.25, 0.3) is 0 Å². The fourth-order valence-electron chi connectivity index (χ4n) is 2.11. The maximum atomic E-state index is 9.98. The molecule has 0 radical (unpaired) electrons. The lowest BCUT2D eigenvalue weighted by Crippen LogP contribution is -2.23. The third-order valence-electron chi connectivity index (χ3n) is 3.09. The minimum atomic E-state index is -0.165. The van der Waals surface area contributed by atoms with E-state index in [1.807, 2.05) is 26.8 Å². The fraction of sp³-hybridized carbons (Fsp3) is 0.625. The highest BCUT2D eigenvalue weighted by molar-refractivity contribution is 5.32. The lowest BCUT2D eigenvalue weighted by Gasteiger charge is -2.23. The van der Waals surface area contributed by atoms with Crippen molar-refractivity contribution in [2.75, 3.05) is 0 Å². The molecule has 0 bridgehead atoms. The van der Waals surface area contributed by atoms with Gasteiger partial charge in [-0.05, 0) is 31.8 Å². The maximum absolute atomic E-state index is 9.98. The normalized spacial score (nSPS) is 17.8. The molecule has 1 heteroatoms. The highest BCUT2D eigenvalue weighted by Crippen LogP contribution is 2.55. The zero-order valence-electron chi connectivity index (χ0n) is 12.1. The summed E-state index contributed by atoms with van der Waals surface area (Å²) in [7, 11) is 0. The monoisotopic (exact) mass is 238 g/mol. The lowest BCUT2D eigenvalue weighted by molar-refractivity contribution is 0.104. The summed E-state index contributed by atoms with van der Waals surface area (Å²) < 4.78 is 0. The van der Waals surface area contributed by atoms with Crippen LogP contribution in [-0.4, -0.2) is 11.2 Å². The van der Waals surface area contributed by atoms with E-state index >= 15 is 0 Å². The van der Waals surface area contributed by atoms with Gasteiger partial charge in [-0.1, -0.05) is 45.9 Å². The van der Waals surface area contributed by atoms with Crippen LogP contribution in [0.3, 0.4) is 0 Å². The quantitative estimate of drug-likeness (QED) is 0.534. The molecular formula is C16H30O. The predicted molar refractivity (Wildman–Crippen MR) is 79.1 cm³/mol. The molecule has 100 valence electrons. The van der Waals surface area contributed by atoms with Gasteiger partial charge in [-0.3, -0.25) is 0 Å². The Bertz CT molecular complexity index is 224. The van der Waals surface area contributed by atoms with Crippen molar-refractivity contribution in [3.05, 3.63) is 37.5 Å². The van der Waals surface area contributed by atoms with E-state index in [1.165, 1.54) is 5.57 Å². The summed E-state index contributed by atoms with van der Waals surface area (Å²) in [6.07, 6.45) is 8.02. The first-order valence-corrected chi connectivity index (χ1v) is 6.68. The van der Waals surface area contributed by atoms with E-state index in [-0.39, 0.29) is 11.5 Å². The van der Waals surface area contributed by atoms with Gasteiger partial charge in [0.2, 0.25) is 0 Å². The second kappa shape index (κ2) is 10.3. The standard InChI is InChI=1S/C12H20O.C2H6.C2H4/c1-4-7-11(13)12(8-9-12)10(5-2)6-3;2*1-2/h5-6,11,13H,2,4,7-9H2,1,3H3;1-2H3;1-2H2/b10-6+;;. The van der Waals surface area contributed by atoms with Crippen LogP contribution in [0.2, 0.25) is 0 Å². The zero-order chi connectivity index (χ0) is 13.9. The molecule has 0 amide bonds. The summed E-state index contributed by atoms with van der Waals surface area (Å²) in [4.78, 5) is 0. The Morgan fingerprint density at radius 1 is 1.35 bits per heavy atom. The van der Waals surface area contributed by atoms with Crippen molar-refractivity contribution in [2.45, 2.75) is 59.5 Å². The molecule has 0 spiro atoms. The minimum Gasteiger partial charge on any atom is -0.392 e. The van der Waals surface area contributed by atoms with E-state index in [4.69, 9.17) is 0 Å². The molecule has 1 aliphatic rings. The van der Waals surface area contributed by atoms with Crippen LogP contribution >= 0.6 is 0 Å². The van der Waals surface area contributed by atoms with Gasteiger partial charge >= 0.3 is 0 Å². The van der Waals surface area contributed by atoms with E-state index in [0.717, 1.165) is 25.7 Å². The van der Waals surface area contributed by atoms with E-state index in [1.54, 1.807) is 0 Å². The summed E-state index contributed by atoms with van der Waals surface area (Å²) in [5.41, 5.74) is 1.31. The molecular weight excluding hydrogens is 208 g/mol. The number of aliphatic hydroxyl groups is 1. The molecule has 0 aromatic heterocycles. The highest BCUT2D eigenvalue weighted by atomic mass is 16.3. The van der Waals surface area contributed by atoms with Crippen LogP contribution in [0, 0.1) is 5.41 Å². The van der Waals surface area contributed by atoms with Gasteiger partial charge in [-0.2, -0.15) is 0 Å². The van der Waals surface area contributed by atoms with Gasteiger partial charge in [-0.25, -0.2) is 0 Å². The average molecular weight is 238 g/mol. The summed E-state index contributed by atoms with van der Waals surface area (Å²) in [5.74, 6) is 0. The summed E-state index contributed by atoms with van der Waals surface area (Å²) in [6, 6.07) is 0. The molecule has 1 N–H and O–H groups in total. The second-order valence-electron chi connectivity index (χ2n) is 3.91. The molecule has 1 saturated carbocycles. The van der Waals surface area contributed by atoms with Crippen molar-refractivity contribution in [3.63, 3.8) is 0 Å². The molecule has 1 atom stereocenters. The molecule has 1 aliphatic carbocycles. The Balaban J connectivity index is 0. The van der Waals surface area contributed by atoms with Gasteiger partial charge in [0, 0.05) is 5.41 Å². The van der Waals surface area contributed by atoms with E-state index in [2.05, 4.69) is 32.7 Å². The lowest BCUT2D eigenvalue weighted by atomic mass is 9.87. The van der Waals surface area contributed by atoms with Crippen LogP contribution < -0.4 is 0 Å². The van der Waals surface area contributed by atoms with Gasteiger partial charge < -0.3 is 5.11 Å². The smallest absolute Gasteiger partial charge is 0.0636 e. The van der Waals surface area contributed by atoms with Crippen molar-refractivity contribution in [1.82, 2.24) is 0 Å². The molecule has 0 aromatic carbocycles.